The van der Waals surface area contributed by atoms with Gasteiger partial charge in [0.15, 0.2) is 0 Å². The number of hydrogen-bond acceptors (Lipinski definition) is 3. The number of amides is 2. The molecule has 4 N–H and O–H groups in total. The van der Waals surface area contributed by atoms with Crippen LogP contribution < -0.4 is 10.6 Å². The Morgan fingerprint density at radius 2 is 2.28 bits per heavy atom. The van der Waals surface area contributed by atoms with Crippen molar-refractivity contribution >= 4 is 12.0 Å². The molecule has 0 fully saturated rings. The zero-order valence-electron chi connectivity index (χ0n) is 10.3. The summed E-state index contributed by atoms with van der Waals surface area (Å²) >= 11 is 0. The minimum absolute atomic E-state index is 0.124. The maximum atomic E-state index is 11.4. The van der Waals surface area contributed by atoms with Crippen LogP contribution in [0.3, 0.4) is 0 Å². The SMILES string of the molecule is CC(CCC(=O)O)CNC(=O)NCc1cnc[nH]1. The normalized spacial score (nSPS) is 11.8. The summed E-state index contributed by atoms with van der Waals surface area (Å²) in [6, 6.07) is -0.272. The van der Waals surface area contributed by atoms with Crippen LogP contribution in [0.5, 0.6) is 0 Å². The van der Waals surface area contributed by atoms with Crippen LogP contribution in [0.1, 0.15) is 25.5 Å². The van der Waals surface area contributed by atoms with Crippen LogP contribution in [-0.4, -0.2) is 33.6 Å². The molecule has 0 radical (unpaired) electrons. The fourth-order valence-corrected chi connectivity index (χ4v) is 1.36. The molecule has 0 aromatic carbocycles. The molecule has 2 amide bonds. The first-order valence-corrected chi connectivity index (χ1v) is 5.78. The average molecular weight is 254 g/mol. The van der Waals surface area contributed by atoms with Crippen LogP contribution in [0.4, 0.5) is 4.79 Å². The van der Waals surface area contributed by atoms with Crippen molar-refractivity contribution in [3.05, 3.63) is 18.2 Å². The monoisotopic (exact) mass is 254 g/mol. The van der Waals surface area contributed by atoms with E-state index in [4.69, 9.17) is 5.11 Å². The molecule has 0 spiro atoms. The van der Waals surface area contributed by atoms with Crippen molar-refractivity contribution in [3.8, 4) is 0 Å². The van der Waals surface area contributed by atoms with E-state index in [0.29, 0.717) is 19.5 Å². The van der Waals surface area contributed by atoms with Gasteiger partial charge in [-0.25, -0.2) is 9.78 Å². The molecule has 7 nitrogen and oxygen atoms in total. The highest BCUT2D eigenvalue weighted by atomic mass is 16.4. The van der Waals surface area contributed by atoms with Crippen LogP contribution in [0, 0.1) is 5.92 Å². The quantitative estimate of drug-likeness (QED) is 0.574. The number of aromatic nitrogens is 2. The number of hydrogen-bond donors (Lipinski definition) is 4. The first kappa shape index (κ1) is 14.0. The van der Waals surface area contributed by atoms with Gasteiger partial charge in [-0.2, -0.15) is 0 Å². The highest BCUT2D eigenvalue weighted by Gasteiger charge is 2.07. The molecule has 100 valence electrons. The molecule has 0 saturated heterocycles. The van der Waals surface area contributed by atoms with Crippen LogP contribution in [0.25, 0.3) is 0 Å². The number of rotatable bonds is 7. The summed E-state index contributed by atoms with van der Waals surface area (Å²) in [5.41, 5.74) is 0.823. The van der Waals surface area contributed by atoms with Gasteiger partial charge in [0.05, 0.1) is 18.6 Å². The molecule has 0 aliphatic heterocycles. The largest absolute Gasteiger partial charge is 0.481 e. The van der Waals surface area contributed by atoms with Gasteiger partial charge in [-0.15, -0.1) is 0 Å². The van der Waals surface area contributed by atoms with Crippen molar-refractivity contribution < 1.29 is 14.7 Å². The highest BCUT2D eigenvalue weighted by Crippen LogP contribution is 2.03. The van der Waals surface area contributed by atoms with E-state index in [1.165, 1.54) is 0 Å². The van der Waals surface area contributed by atoms with Crippen molar-refractivity contribution in [1.82, 2.24) is 20.6 Å². The van der Waals surface area contributed by atoms with Crippen molar-refractivity contribution in [2.45, 2.75) is 26.3 Å². The van der Waals surface area contributed by atoms with E-state index in [1.54, 1.807) is 12.5 Å². The summed E-state index contributed by atoms with van der Waals surface area (Å²) in [4.78, 5) is 28.5. The van der Waals surface area contributed by atoms with Crippen molar-refractivity contribution in [2.75, 3.05) is 6.54 Å². The van der Waals surface area contributed by atoms with Gasteiger partial charge < -0.3 is 20.7 Å². The average Bonchev–Trinajstić information content (AvgIpc) is 2.84. The molecular formula is C11H18N4O3. The fourth-order valence-electron chi connectivity index (χ4n) is 1.36. The van der Waals surface area contributed by atoms with Crippen molar-refractivity contribution in [2.24, 2.45) is 5.92 Å². The van der Waals surface area contributed by atoms with E-state index < -0.39 is 5.97 Å². The maximum Gasteiger partial charge on any atom is 0.315 e. The minimum Gasteiger partial charge on any atom is -0.481 e. The van der Waals surface area contributed by atoms with Gasteiger partial charge in [0.25, 0.3) is 0 Å². The van der Waals surface area contributed by atoms with Gasteiger partial charge in [0.2, 0.25) is 0 Å². The Morgan fingerprint density at radius 3 is 2.89 bits per heavy atom. The van der Waals surface area contributed by atoms with E-state index in [2.05, 4.69) is 20.6 Å². The molecule has 0 aliphatic carbocycles. The second kappa shape index (κ2) is 7.31. The molecule has 0 aliphatic rings. The number of aromatic amines is 1. The van der Waals surface area contributed by atoms with Crippen molar-refractivity contribution in [1.29, 1.82) is 0 Å². The number of aliphatic carboxylic acids is 1. The third-order valence-corrected chi connectivity index (χ3v) is 2.46. The molecule has 1 rings (SSSR count). The molecule has 1 atom stereocenters. The Balaban J connectivity index is 2.11. The summed E-state index contributed by atoms with van der Waals surface area (Å²) < 4.78 is 0. The molecule has 7 heteroatoms. The van der Waals surface area contributed by atoms with Crippen LogP contribution >= 0.6 is 0 Å². The molecule has 0 saturated carbocycles. The van der Waals surface area contributed by atoms with Gasteiger partial charge in [0.1, 0.15) is 0 Å². The Morgan fingerprint density at radius 1 is 1.50 bits per heavy atom. The first-order chi connectivity index (χ1) is 8.58. The Labute approximate surface area is 105 Å². The number of carboxylic acids is 1. The number of carbonyl (C=O) groups excluding carboxylic acids is 1. The third kappa shape index (κ3) is 5.88. The first-order valence-electron chi connectivity index (χ1n) is 5.78. The number of carbonyl (C=O) groups is 2. The number of H-pyrrole nitrogens is 1. The molecule has 1 aromatic heterocycles. The van der Waals surface area contributed by atoms with E-state index in [9.17, 15) is 9.59 Å². The zero-order valence-corrected chi connectivity index (χ0v) is 10.3. The standard InChI is InChI=1S/C11H18N4O3/c1-8(2-3-10(16)17)4-13-11(18)14-6-9-5-12-7-15-9/h5,7-8H,2-4,6H2,1H3,(H,12,15)(H,16,17)(H2,13,14,18). The number of nitrogens with zero attached hydrogens (tertiary/aromatic N) is 1. The Bertz CT molecular complexity index is 378. The van der Waals surface area contributed by atoms with Crippen LogP contribution in [0.2, 0.25) is 0 Å². The molecule has 1 aromatic rings. The lowest BCUT2D eigenvalue weighted by molar-refractivity contribution is -0.137. The lowest BCUT2D eigenvalue weighted by Gasteiger charge is -2.11. The molecule has 1 unspecified atom stereocenters. The molecule has 0 bridgehead atoms. The van der Waals surface area contributed by atoms with Gasteiger partial charge >= 0.3 is 12.0 Å². The van der Waals surface area contributed by atoms with Gasteiger partial charge in [-0.3, -0.25) is 4.79 Å². The maximum absolute atomic E-state index is 11.4. The van der Waals surface area contributed by atoms with Crippen LogP contribution in [0.15, 0.2) is 12.5 Å². The summed E-state index contributed by atoms with van der Waals surface area (Å²) in [6.45, 7) is 2.75. The minimum atomic E-state index is -0.814. The van der Waals surface area contributed by atoms with Crippen LogP contribution in [-0.2, 0) is 11.3 Å². The smallest absolute Gasteiger partial charge is 0.315 e. The number of imidazole rings is 1. The summed E-state index contributed by atoms with van der Waals surface area (Å²) in [5.74, 6) is -0.676. The zero-order chi connectivity index (χ0) is 13.4. The summed E-state index contributed by atoms with van der Waals surface area (Å²) in [6.07, 6.45) is 3.85. The number of nitrogens with one attached hydrogen (secondary N) is 3. The van der Waals surface area contributed by atoms with Gasteiger partial charge in [-0.05, 0) is 12.3 Å². The molecular weight excluding hydrogens is 236 g/mol. The fraction of sp³-hybridized carbons (Fsp3) is 0.545. The predicted molar refractivity (Wildman–Crippen MR) is 64.9 cm³/mol. The predicted octanol–water partition coefficient (Wildman–Crippen LogP) is 0.710. The summed E-state index contributed by atoms with van der Waals surface area (Å²) in [7, 11) is 0. The second-order valence-corrected chi connectivity index (χ2v) is 4.18. The number of urea groups is 1. The summed E-state index contributed by atoms with van der Waals surface area (Å²) in [5, 5.41) is 13.9. The van der Waals surface area contributed by atoms with Gasteiger partial charge in [0, 0.05) is 19.2 Å². The molecule has 18 heavy (non-hydrogen) atoms. The van der Waals surface area contributed by atoms with Crippen molar-refractivity contribution in [3.63, 3.8) is 0 Å². The van der Waals surface area contributed by atoms with E-state index >= 15 is 0 Å². The molecule has 1 heterocycles. The van der Waals surface area contributed by atoms with E-state index in [-0.39, 0.29) is 18.4 Å². The third-order valence-electron chi connectivity index (χ3n) is 2.46. The highest BCUT2D eigenvalue weighted by molar-refractivity contribution is 5.73. The number of carboxylic acid groups (broad SMARTS) is 1. The lowest BCUT2D eigenvalue weighted by Crippen LogP contribution is -2.37. The topological polar surface area (TPSA) is 107 Å². The van der Waals surface area contributed by atoms with E-state index in [1.807, 2.05) is 6.92 Å². The Kier molecular flexibility index (Phi) is 5.69. The van der Waals surface area contributed by atoms with E-state index in [0.717, 1.165) is 5.69 Å². The Hall–Kier alpha value is -2.05. The lowest BCUT2D eigenvalue weighted by atomic mass is 10.1. The van der Waals surface area contributed by atoms with Gasteiger partial charge in [-0.1, -0.05) is 6.92 Å². The second-order valence-electron chi connectivity index (χ2n) is 4.18.